The summed E-state index contributed by atoms with van der Waals surface area (Å²) in [5.74, 6) is 1.32. The van der Waals surface area contributed by atoms with E-state index >= 15 is 0 Å². The predicted octanol–water partition coefficient (Wildman–Crippen LogP) is 3.93. The number of nitrogens with zero attached hydrogens (tertiary/aromatic N) is 2. The summed E-state index contributed by atoms with van der Waals surface area (Å²) in [6.45, 7) is 3.61. The number of nitro benzene ring substituents is 1. The molecule has 0 aliphatic carbocycles. The Kier molecular flexibility index (Phi) is 6.01. The highest BCUT2D eigenvalue weighted by atomic mass is 16.6. The van der Waals surface area contributed by atoms with Crippen molar-refractivity contribution in [3.05, 3.63) is 70.3 Å². The maximum atomic E-state index is 10.8. The molecule has 2 aromatic rings. The van der Waals surface area contributed by atoms with Gasteiger partial charge in [0.2, 0.25) is 0 Å². The summed E-state index contributed by atoms with van der Waals surface area (Å²) >= 11 is 0. The first kappa shape index (κ1) is 17.4. The van der Waals surface area contributed by atoms with Crippen molar-refractivity contribution in [2.45, 2.75) is 19.3 Å². The number of ether oxygens (including phenoxy) is 1. The van der Waals surface area contributed by atoms with Gasteiger partial charge >= 0.3 is 0 Å². The molecule has 0 N–H and O–H groups in total. The van der Waals surface area contributed by atoms with Crippen LogP contribution in [0.25, 0.3) is 0 Å². The number of non-ortho nitro benzene ring substituents is 1. The topological polar surface area (TPSA) is 55.6 Å². The summed E-state index contributed by atoms with van der Waals surface area (Å²) in [4.78, 5) is 12.8. The van der Waals surface area contributed by atoms with Crippen molar-refractivity contribution in [2.24, 2.45) is 5.92 Å². The molecule has 0 spiro atoms. The molecule has 2 aromatic carbocycles. The smallest absolute Gasteiger partial charge is 0.273 e. The first-order valence-corrected chi connectivity index (χ1v) is 8.84. The Bertz CT molecular complexity index is 682. The van der Waals surface area contributed by atoms with Crippen molar-refractivity contribution < 1.29 is 9.66 Å². The molecule has 0 radical (unpaired) electrons. The molecular weight excluding hydrogens is 316 g/mol. The molecular formula is C20H24N2O3. The van der Waals surface area contributed by atoms with Crippen LogP contribution in [0.3, 0.4) is 0 Å². The van der Waals surface area contributed by atoms with E-state index in [2.05, 4.69) is 35.2 Å². The van der Waals surface area contributed by atoms with E-state index in [4.69, 9.17) is 4.74 Å². The van der Waals surface area contributed by atoms with E-state index < -0.39 is 4.92 Å². The third-order valence-corrected chi connectivity index (χ3v) is 4.78. The van der Waals surface area contributed by atoms with Crippen molar-refractivity contribution in [1.29, 1.82) is 0 Å². The fourth-order valence-corrected chi connectivity index (χ4v) is 3.34. The van der Waals surface area contributed by atoms with Crippen LogP contribution >= 0.6 is 0 Å². The van der Waals surface area contributed by atoms with E-state index in [0.29, 0.717) is 12.4 Å². The highest BCUT2D eigenvalue weighted by Crippen LogP contribution is 2.22. The number of piperidine rings is 1. The second-order valence-corrected chi connectivity index (χ2v) is 6.58. The van der Waals surface area contributed by atoms with Gasteiger partial charge in [0.1, 0.15) is 12.4 Å². The van der Waals surface area contributed by atoms with Crippen molar-refractivity contribution in [3.63, 3.8) is 0 Å². The molecule has 25 heavy (non-hydrogen) atoms. The molecule has 5 heteroatoms. The van der Waals surface area contributed by atoms with Gasteiger partial charge in [-0.2, -0.15) is 0 Å². The molecule has 5 nitrogen and oxygen atoms in total. The third-order valence-electron chi connectivity index (χ3n) is 4.78. The van der Waals surface area contributed by atoms with Gasteiger partial charge in [-0.05, 0) is 49.9 Å². The van der Waals surface area contributed by atoms with Crippen LogP contribution in [0, 0.1) is 16.0 Å². The van der Waals surface area contributed by atoms with Crippen LogP contribution in [0.1, 0.15) is 18.4 Å². The maximum absolute atomic E-state index is 10.8. The summed E-state index contributed by atoms with van der Waals surface area (Å²) in [5.41, 5.74) is 1.49. The summed E-state index contributed by atoms with van der Waals surface area (Å²) in [5, 5.41) is 10.8. The average molecular weight is 340 g/mol. The fraction of sp³-hybridized carbons (Fsp3) is 0.400. The first-order valence-electron chi connectivity index (χ1n) is 8.84. The van der Waals surface area contributed by atoms with Crippen LogP contribution in [-0.2, 0) is 6.42 Å². The maximum Gasteiger partial charge on any atom is 0.273 e. The lowest BCUT2D eigenvalue weighted by Crippen LogP contribution is -2.37. The molecule has 3 rings (SSSR count). The second-order valence-electron chi connectivity index (χ2n) is 6.58. The van der Waals surface area contributed by atoms with Crippen molar-refractivity contribution in [3.8, 4) is 5.75 Å². The van der Waals surface area contributed by atoms with Gasteiger partial charge in [0, 0.05) is 12.6 Å². The number of benzene rings is 2. The molecule has 0 atom stereocenters. The molecule has 0 unspecified atom stereocenters. The molecule has 1 saturated heterocycles. The molecule has 1 heterocycles. The number of hydrogen-bond donors (Lipinski definition) is 0. The first-order chi connectivity index (χ1) is 12.2. The highest BCUT2D eigenvalue weighted by molar-refractivity contribution is 5.37. The minimum atomic E-state index is -0.398. The van der Waals surface area contributed by atoms with Crippen LogP contribution in [0.4, 0.5) is 5.69 Å². The van der Waals surface area contributed by atoms with Crippen LogP contribution in [0.2, 0.25) is 0 Å². The zero-order valence-corrected chi connectivity index (χ0v) is 14.3. The van der Waals surface area contributed by atoms with Gasteiger partial charge in [-0.15, -0.1) is 0 Å². The molecule has 1 aliphatic rings. The number of nitro groups is 1. The van der Waals surface area contributed by atoms with Crippen LogP contribution < -0.4 is 4.74 Å². The normalized spacial score (nSPS) is 15.8. The van der Waals surface area contributed by atoms with Crippen LogP contribution in [0.5, 0.6) is 5.75 Å². The molecule has 0 bridgehead atoms. The Morgan fingerprint density at radius 2 is 1.84 bits per heavy atom. The van der Waals surface area contributed by atoms with Crippen molar-refractivity contribution in [1.82, 2.24) is 4.90 Å². The number of hydrogen-bond acceptors (Lipinski definition) is 4. The van der Waals surface area contributed by atoms with Gasteiger partial charge in [-0.1, -0.05) is 36.4 Å². The van der Waals surface area contributed by atoms with Gasteiger partial charge < -0.3 is 4.74 Å². The fourth-order valence-electron chi connectivity index (χ4n) is 3.34. The quantitative estimate of drug-likeness (QED) is 0.566. The van der Waals surface area contributed by atoms with Gasteiger partial charge in [0.05, 0.1) is 11.0 Å². The van der Waals surface area contributed by atoms with E-state index in [9.17, 15) is 10.1 Å². The lowest BCUT2D eigenvalue weighted by atomic mass is 9.90. The van der Waals surface area contributed by atoms with Crippen LogP contribution in [0.15, 0.2) is 54.6 Å². The zero-order chi connectivity index (χ0) is 17.5. The highest BCUT2D eigenvalue weighted by Gasteiger charge is 2.19. The van der Waals surface area contributed by atoms with Gasteiger partial charge in [0.25, 0.3) is 5.69 Å². The molecule has 132 valence electrons. The Balaban J connectivity index is 1.38. The Morgan fingerprint density at radius 3 is 2.56 bits per heavy atom. The molecule has 1 fully saturated rings. The standard InChI is InChI=1S/C20H24N2O3/c23-22(24)19-7-4-8-20(16-19)25-14-13-21-11-9-18(10-12-21)15-17-5-2-1-3-6-17/h1-8,16,18H,9-15H2. The second kappa shape index (κ2) is 8.62. The Labute approximate surface area is 148 Å². The third kappa shape index (κ3) is 5.29. The molecule has 0 amide bonds. The van der Waals surface area contributed by atoms with E-state index in [-0.39, 0.29) is 5.69 Å². The largest absolute Gasteiger partial charge is 0.492 e. The Hall–Kier alpha value is -2.40. The zero-order valence-electron chi connectivity index (χ0n) is 14.3. The lowest BCUT2D eigenvalue weighted by Gasteiger charge is -2.31. The van der Waals surface area contributed by atoms with E-state index in [1.165, 1.54) is 37.0 Å². The number of likely N-dealkylation sites (tertiary alicyclic amines) is 1. The van der Waals surface area contributed by atoms with E-state index in [0.717, 1.165) is 25.6 Å². The summed E-state index contributed by atoms with van der Waals surface area (Å²) in [7, 11) is 0. The molecule has 0 aromatic heterocycles. The van der Waals surface area contributed by atoms with E-state index in [1.807, 2.05) is 0 Å². The van der Waals surface area contributed by atoms with E-state index in [1.54, 1.807) is 12.1 Å². The van der Waals surface area contributed by atoms with Crippen LogP contribution in [-0.4, -0.2) is 36.1 Å². The average Bonchev–Trinajstić information content (AvgIpc) is 2.64. The summed E-state index contributed by atoms with van der Waals surface area (Å²) in [6, 6.07) is 17.1. The molecule has 1 aliphatic heterocycles. The predicted molar refractivity (Wildman–Crippen MR) is 97.9 cm³/mol. The summed E-state index contributed by atoms with van der Waals surface area (Å²) < 4.78 is 5.68. The van der Waals surface area contributed by atoms with Gasteiger partial charge in [0.15, 0.2) is 0 Å². The van der Waals surface area contributed by atoms with Crippen molar-refractivity contribution >= 4 is 5.69 Å². The minimum Gasteiger partial charge on any atom is -0.492 e. The van der Waals surface area contributed by atoms with Gasteiger partial charge in [-0.3, -0.25) is 15.0 Å². The molecule has 0 saturated carbocycles. The van der Waals surface area contributed by atoms with Crippen molar-refractivity contribution in [2.75, 3.05) is 26.2 Å². The number of rotatable bonds is 7. The Morgan fingerprint density at radius 1 is 1.08 bits per heavy atom. The van der Waals surface area contributed by atoms with Gasteiger partial charge in [-0.25, -0.2) is 0 Å². The summed E-state index contributed by atoms with van der Waals surface area (Å²) in [6.07, 6.45) is 3.59. The minimum absolute atomic E-state index is 0.0687. The lowest BCUT2D eigenvalue weighted by molar-refractivity contribution is -0.384. The monoisotopic (exact) mass is 340 g/mol. The SMILES string of the molecule is O=[N+]([O-])c1cccc(OCCN2CCC(Cc3ccccc3)CC2)c1.